The number of carboxylic acids is 1. The predicted octanol–water partition coefficient (Wildman–Crippen LogP) is 0.606. The number of carboxylic acid groups (broad SMARTS) is 1. The molecule has 2 rings (SSSR count). The molecule has 0 radical (unpaired) electrons. The summed E-state index contributed by atoms with van der Waals surface area (Å²) >= 11 is 0. The van der Waals surface area contributed by atoms with E-state index in [1.165, 1.54) is 6.92 Å². The molecule has 1 unspecified atom stereocenters. The summed E-state index contributed by atoms with van der Waals surface area (Å²) < 4.78 is 39.7. The van der Waals surface area contributed by atoms with E-state index in [2.05, 4.69) is 0 Å². The number of hydrogen-bond acceptors (Lipinski definition) is 5. The van der Waals surface area contributed by atoms with Gasteiger partial charge in [0.15, 0.2) is 5.60 Å². The van der Waals surface area contributed by atoms with Crippen molar-refractivity contribution in [2.24, 2.45) is 0 Å². The molecular weight excluding hydrogens is 327 g/mol. The van der Waals surface area contributed by atoms with E-state index in [1.54, 1.807) is 6.07 Å². The van der Waals surface area contributed by atoms with Gasteiger partial charge in [0, 0.05) is 6.54 Å². The van der Waals surface area contributed by atoms with Crippen LogP contribution in [-0.2, 0) is 14.8 Å². The number of sulfonamides is 1. The molecule has 0 bridgehead atoms. The number of aryl methyl sites for hydroxylation is 1. The molecule has 0 aromatic heterocycles. The summed E-state index contributed by atoms with van der Waals surface area (Å²) in [5.41, 5.74) is -2.48. The highest BCUT2D eigenvalue weighted by atomic mass is 32.2. The van der Waals surface area contributed by atoms with Gasteiger partial charge in [0.25, 0.3) is 0 Å². The molecule has 0 aliphatic carbocycles. The molecule has 1 heterocycles. The monoisotopic (exact) mass is 342 g/mol. The number of aliphatic carboxylic acids is 1. The van der Waals surface area contributed by atoms with Gasteiger partial charge in [0.1, 0.15) is 16.8 Å². The van der Waals surface area contributed by atoms with Gasteiger partial charge in [-0.3, -0.25) is 0 Å². The largest absolute Gasteiger partial charge is 0.479 e. The highest BCUT2D eigenvalue weighted by Gasteiger charge is 2.44. The Balaban J connectivity index is 2.52. The molecule has 0 amide bonds. The number of rotatable bonds is 3. The molecule has 1 aliphatic heterocycles. The Morgan fingerprint density at radius 3 is 2.70 bits per heavy atom. The minimum absolute atomic E-state index is 0.0135. The highest BCUT2D eigenvalue weighted by Crippen LogP contribution is 2.30. The molecule has 124 valence electrons. The molecule has 7 nitrogen and oxygen atoms in total. The molecule has 0 saturated carbocycles. The molecule has 23 heavy (non-hydrogen) atoms. The average molecular weight is 342 g/mol. The van der Waals surface area contributed by atoms with Crippen LogP contribution in [0.4, 0.5) is 4.39 Å². The first kappa shape index (κ1) is 17.3. The summed E-state index contributed by atoms with van der Waals surface area (Å²) in [4.78, 5) is 10.8. The number of β-amino-alcohol motifs (C(OH)–C–C–N with tert-alkyl or cyclic N) is 1. The summed E-state index contributed by atoms with van der Waals surface area (Å²) in [5.74, 6) is -2.24. The van der Waals surface area contributed by atoms with Gasteiger partial charge in [-0.05, 0) is 37.5 Å². The summed E-state index contributed by atoms with van der Waals surface area (Å²) in [6.45, 7) is 0.746. The zero-order valence-corrected chi connectivity index (χ0v) is 13.1. The Bertz CT molecular complexity index is 802. The van der Waals surface area contributed by atoms with Crippen LogP contribution < -0.4 is 0 Å². The third-order valence-corrected chi connectivity index (χ3v) is 5.84. The summed E-state index contributed by atoms with van der Waals surface area (Å²) in [6, 6.07) is 3.44. The second kappa shape index (κ2) is 5.88. The van der Waals surface area contributed by atoms with Crippen molar-refractivity contribution in [1.29, 1.82) is 5.26 Å². The third kappa shape index (κ3) is 3.06. The zero-order chi connectivity index (χ0) is 17.4. The molecule has 1 aromatic rings. The normalized spacial score (nSPS) is 22.5. The smallest absolute Gasteiger partial charge is 0.337 e. The van der Waals surface area contributed by atoms with Gasteiger partial charge < -0.3 is 10.2 Å². The van der Waals surface area contributed by atoms with Crippen molar-refractivity contribution in [3.05, 3.63) is 29.1 Å². The number of nitriles is 1. The first-order valence-electron chi connectivity index (χ1n) is 6.78. The van der Waals surface area contributed by atoms with Crippen molar-refractivity contribution in [3.8, 4) is 6.07 Å². The molecule has 1 atom stereocenters. The maximum Gasteiger partial charge on any atom is 0.337 e. The maximum atomic E-state index is 13.4. The summed E-state index contributed by atoms with van der Waals surface area (Å²) in [6.07, 6.45) is 0.0893. The van der Waals surface area contributed by atoms with Gasteiger partial charge in [0.2, 0.25) is 10.0 Å². The molecular formula is C14H15FN2O5S. The number of halogens is 1. The Hall–Kier alpha value is -2.02. The van der Waals surface area contributed by atoms with Gasteiger partial charge in [-0.2, -0.15) is 9.57 Å². The lowest BCUT2D eigenvalue weighted by atomic mass is 9.95. The first-order chi connectivity index (χ1) is 10.6. The van der Waals surface area contributed by atoms with Crippen molar-refractivity contribution in [3.63, 3.8) is 0 Å². The molecule has 2 N–H and O–H groups in total. The van der Waals surface area contributed by atoms with Gasteiger partial charge in [-0.25, -0.2) is 17.6 Å². The van der Waals surface area contributed by atoms with Crippen LogP contribution in [0.1, 0.15) is 24.0 Å². The number of benzene rings is 1. The average Bonchev–Trinajstić information content (AvgIpc) is 2.45. The number of carbonyl (C=O) groups is 1. The van der Waals surface area contributed by atoms with Crippen LogP contribution in [0.15, 0.2) is 17.0 Å². The second-order valence-electron chi connectivity index (χ2n) is 5.49. The minimum atomic E-state index is -4.24. The Morgan fingerprint density at radius 2 is 2.13 bits per heavy atom. The van der Waals surface area contributed by atoms with Crippen molar-refractivity contribution in [2.75, 3.05) is 13.1 Å². The van der Waals surface area contributed by atoms with E-state index in [0.29, 0.717) is 0 Å². The minimum Gasteiger partial charge on any atom is -0.479 e. The molecule has 1 fully saturated rings. The van der Waals surface area contributed by atoms with Gasteiger partial charge in [-0.15, -0.1) is 0 Å². The fourth-order valence-electron chi connectivity index (χ4n) is 2.66. The summed E-state index contributed by atoms with van der Waals surface area (Å²) in [7, 11) is -4.24. The van der Waals surface area contributed by atoms with Crippen LogP contribution >= 0.6 is 0 Å². The Kier molecular flexibility index (Phi) is 4.43. The van der Waals surface area contributed by atoms with Crippen LogP contribution in [-0.4, -0.2) is 47.6 Å². The number of nitrogens with zero attached hydrogens (tertiary/aromatic N) is 2. The lowest BCUT2D eigenvalue weighted by Gasteiger charge is -2.35. The van der Waals surface area contributed by atoms with Crippen LogP contribution in [0.3, 0.4) is 0 Å². The molecule has 1 aliphatic rings. The quantitative estimate of drug-likeness (QED) is 0.830. The SMILES string of the molecule is Cc1cc(F)cc(C#N)c1S(=O)(=O)N1CCCC(O)(C(=O)O)C1. The van der Waals surface area contributed by atoms with Crippen LogP contribution in [0.5, 0.6) is 0 Å². The molecule has 1 aromatic carbocycles. The van der Waals surface area contributed by atoms with E-state index in [1.807, 2.05) is 0 Å². The lowest BCUT2D eigenvalue weighted by molar-refractivity contribution is -0.162. The molecule has 0 spiro atoms. The fourth-order valence-corrected chi connectivity index (χ4v) is 4.52. The molecule has 9 heteroatoms. The number of aliphatic hydroxyl groups is 1. The van der Waals surface area contributed by atoms with E-state index >= 15 is 0 Å². The van der Waals surface area contributed by atoms with Gasteiger partial charge >= 0.3 is 5.97 Å². The van der Waals surface area contributed by atoms with Crippen molar-refractivity contribution in [1.82, 2.24) is 4.31 Å². The summed E-state index contributed by atoms with van der Waals surface area (Å²) in [5, 5.41) is 28.2. The first-order valence-corrected chi connectivity index (χ1v) is 8.22. The number of hydrogen-bond donors (Lipinski definition) is 2. The van der Waals surface area contributed by atoms with Crippen LogP contribution in [0.2, 0.25) is 0 Å². The Morgan fingerprint density at radius 1 is 1.48 bits per heavy atom. The van der Waals surface area contributed by atoms with E-state index in [4.69, 9.17) is 10.4 Å². The van der Waals surface area contributed by atoms with E-state index < -0.39 is 34.0 Å². The Labute approximate surface area is 132 Å². The second-order valence-corrected chi connectivity index (χ2v) is 7.36. The molecule has 1 saturated heterocycles. The van der Waals surface area contributed by atoms with E-state index in [9.17, 15) is 22.7 Å². The lowest BCUT2D eigenvalue weighted by Crippen LogP contribution is -2.54. The third-order valence-electron chi connectivity index (χ3n) is 3.79. The van der Waals surface area contributed by atoms with Gasteiger partial charge in [-0.1, -0.05) is 0 Å². The van der Waals surface area contributed by atoms with Crippen LogP contribution in [0.25, 0.3) is 0 Å². The van der Waals surface area contributed by atoms with Crippen molar-refractivity contribution in [2.45, 2.75) is 30.3 Å². The van der Waals surface area contributed by atoms with E-state index in [0.717, 1.165) is 16.4 Å². The predicted molar refractivity (Wildman–Crippen MR) is 76.4 cm³/mol. The number of piperidine rings is 1. The van der Waals surface area contributed by atoms with Gasteiger partial charge in [0.05, 0.1) is 12.1 Å². The topological polar surface area (TPSA) is 119 Å². The van der Waals surface area contributed by atoms with Crippen molar-refractivity contribution < 1.29 is 27.8 Å². The van der Waals surface area contributed by atoms with Crippen molar-refractivity contribution >= 4 is 16.0 Å². The maximum absolute atomic E-state index is 13.4. The highest BCUT2D eigenvalue weighted by molar-refractivity contribution is 7.89. The van der Waals surface area contributed by atoms with E-state index in [-0.39, 0.29) is 35.4 Å². The van der Waals surface area contributed by atoms with Crippen LogP contribution in [0, 0.1) is 24.1 Å². The standard InChI is InChI=1S/C14H15FN2O5S/c1-9-5-11(15)6-10(7-16)12(9)23(21,22)17-4-2-3-14(20,8-17)13(18)19/h5-6,20H,2-4,8H2,1H3,(H,18,19). The zero-order valence-electron chi connectivity index (χ0n) is 12.3. The fraction of sp³-hybridized carbons (Fsp3) is 0.429.